The summed E-state index contributed by atoms with van der Waals surface area (Å²) in [5.74, 6) is -2.26. The first kappa shape index (κ1) is 17.6. The first-order valence-corrected chi connectivity index (χ1v) is 7.36. The van der Waals surface area contributed by atoms with Gasteiger partial charge in [-0.25, -0.2) is 4.39 Å². The fourth-order valence-corrected chi connectivity index (χ4v) is 2.62. The molecule has 2 N–H and O–H groups in total. The van der Waals surface area contributed by atoms with E-state index in [0.29, 0.717) is 10.9 Å². The predicted molar refractivity (Wildman–Crippen MR) is 81.7 cm³/mol. The molecule has 1 rings (SSSR count). The molecule has 0 bridgehead atoms. The Bertz CT molecular complexity index is 520. The second-order valence-electron chi connectivity index (χ2n) is 6.13. The van der Waals surface area contributed by atoms with Gasteiger partial charge >= 0.3 is 5.97 Å². The second kappa shape index (κ2) is 7.02. The number of carboxylic acids is 1. The Morgan fingerprint density at radius 1 is 1.38 bits per heavy atom. The van der Waals surface area contributed by atoms with Crippen LogP contribution in [-0.2, 0) is 4.79 Å². The van der Waals surface area contributed by atoms with Crippen LogP contribution >= 0.6 is 15.9 Å². The normalized spacial score (nSPS) is 12.8. The molecule has 21 heavy (non-hydrogen) atoms. The van der Waals surface area contributed by atoms with Crippen LogP contribution in [0.4, 0.5) is 4.39 Å². The number of benzene rings is 1. The number of hydrogen-bond acceptors (Lipinski definition) is 2. The average Bonchev–Trinajstić information content (AvgIpc) is 2.24. The maximum atomic E-state index is 13.7. The fraction of sp³-hybridized carbons (Fsp3) is 0.467. The van der Waals surface area contributed by atoms with Crippen LogP contribution in [0.25, 0.3) is 0 Å². The number of hydrogen-bond donors (Lipinski definition) is 2. The van der Waals surface area contributed by atoms with E-state index in [0.717, 1.165) is 0 Å². The van der Waals surface area contributed by atoms with Crippen molar-refractivity contribution in [3.63, 3.8) is 0 Å². The van der Waals surface area contributed by atoms with Crippen molar-refractivity contribution in [2.75, 3.05) is 0 Å². The third-order valence-electron chi connectivity index (χ3n) is 2.80. The van der Waals surface area contributed by atoms with Gasteiger partial charge in [-0.05, 0) is 39.9 Å². The number of aliphatic carboxylic acids is 1. The van der Waals surface area contributed by atoms with Gasteiger partial charge in [-0.15, -0.1) is 0 Å². The van der Waals surface area contributed by atoms with Gasteiger partial charge in [0.1, 0.15) is 5.82 Å². The lowest BCUT2D eigenvalue weighted by molar-refractivity contribution is -0.137. The highest BCUT2D eigenvalue weighted by molar-refractivity contribution is 9.10. The maximum Gasteiger partial charge on any atom is 0.305 e. The van der Waals surface area contributed by atoms with E-state index in [1.807, 2.05) is 20.8 Å². The highest BCUT2D eigenvalue weighted by atomic mass is 79.9. The molecule has 0 saturated heterocycles. The van der Waals surface area contributed by atoms with Gasteiger partial charge in [0.15, 0.2) is 0 Å². The van der Waals surface area contributed by atoms with Gasteiger partial charge in [0.05, 0.1) is 12.0 Å². The highest BCUT2D eigenvalue weighted by Crippen LogP contribution is 2.24. The molecular weight excluding hydrogens is 341 g/mol. The smallest absolute Gasteiger partial charge is 0.305 e. The molecule has 1 aromatic rings. The molecule has 1 atom stereocenters. The van der Waals surface area contributed by atoms with E-state index < -0.39 is 23.7 Å². The number of amides is 1. The summed E-state index contributed by atoms with van der Waals surface area (Å²) in [5.41, 5.74) is -0.262. The molecule has 116 valence electrons. The number of carbonyl (C=O) groups is 2. The third-order valence-corrected chi connectivity index (χ3v) is 3.47. The number of rotatable bonds is 5. The Morgan fingerprint density at radius 3 is 2.48 bits per heavy atom. The van der Waals surface area contributed by atoms with E-state index >= 15 is 0 Å². The van der Waals surface area contributed by atoms with Crippen LogP contribution in [0.3, 0.4) is 0 Å². The van der Waals surface area contributed by atoms with Crippen molar-refractivity contribution in [3.8, 4) is 0 Å². The summed E-state index contributed by atoms with van der Waals surface area (Å²) in [6, 6.07) is 3.69. The van der Waals surface area contributed by atoms with Gasteiger partial charge in [-0.1, -0.05) is 26.8 Å². The molecular formula is C15H19BrFNO3. The fourth-order valence-electron chi connectivity index (χ4n) is 2.10. The van der Waals surface area contributed by atoms with Gasteiger partial charge < -0.3 is 10.4 Å². The molecule has 1 unspecified atom stereocenters. The summed E-state index contributed by atoms with van der Waals surface area (Å²) in [7, 11) is 0. The third kappa shape index (κ3) is 5.83. The molecule has 6 heteroatoms. The van der Waals surface area contributed by atoms with Crippen molar-refractivity contribution in [3.05, 3.63) is 34.1 Å². The Hall–Kier alpha value is -1.43. The Balaban J connectivity index is 2.92. The van der Waals surface area contributed by atoms with E-state index in [1.165, 1.54) is 12.1 Å². The molecule has 4 nitrogen and oxygen atoms in total. The summed E-state index contributed by atoms with van der Waals surface area (Å²) in [6.45, 7) is 5.85. The molecule has 0 saturated carbocycles. The standard InChI is InChI=1S/C15H19BrFNO3/c1-15(2,3)8-9(7-12(19)20)18-14(21)13-10(16)5-4-6-11(13)17/h4-6,9H,7-8H2,1-3H3,(H,18,21)(H,19,20). The predicted octanol–water partition coefficient (Wildman–Crippen LogP) is 3.60. The molecule has 1 aromatic carbocycles. The zero-order valence-corrected chi connectivity index (χ0v) is 13.8. The summed E-state index contributed by atoms with van der Waals surface area (Å²) < 4.78 is 14.1. The van der Waals surface area contributed by atoms with Gasteiger partial charge in [0.25, 0.3) is 5.91 Å². The second-order valence-corrected chi connectivity index (χ2v) is 6.98. The number of halogens is 2. The van der Waals surface area contributed by atoms with E-state index in [-0.39, 0.29) is 17.4 Å². The molecule has 0 fully saturated rings. The van der Waals surface area contributed by atoms with Crippen molar-refractivity contribution >= 4 is 27.8 Å². The van der Waals surface area contributed by atoms with Crippen molar-refractivity contribution in [2.45, 2.75) is 39.7 Å². The van der Waals surface area contributed by atoms with Crippen LogP contribution in [0.15, 0.2) is 22.7 Å². The van der Waals surface area contributed by atoms with Gasteiger partial charge in [-0.2, -0.15) is 0 Å². The lowest BCUT2D eigenvalue weighted by Gasteiger charge is -2.26. The molecule has 0 aliphatic heterocycles. The van der Waals surface area contributed by atoms with E-state index in [1.54, 1.807) is 6.07 Å². The van der Waals surface area contributed by atoms with E-state index in [9.17, 15) is 14.0 Å². The van der Waals surface area contributed by atoms with Gasteiger partial charge in [-0.3, -0.25) is 9.59 Å². The SMILES string of the molecule is CC(C)(C)CC(CC(=O)O)NC(=O)c1c(F)cccc1Br. The average molecular weight is 360 g/mol. The van der Waals surface area contributed by atoms with E-state index in [4.69, 9.17) is 5.11 Å². The summed E-state index contributed by atoms with van der Waals surface area (Å²) in [5, 5.41) is 11.6. The van der Waals surface area contributed by atoms with Crippen LogP contribution in [0, 0.1) is 11.2 Å². The monoisotopic (exact) mass is 359 g/mol. The van der Waals surface area contributed by atoms with Crippen molar-refractivity contribution < 1.29 is 19.1 Å². The molecule has 0 spiro atoms. The molecule has 0 aromatic heterocycles. The lowest BCUT2D eigenvalue weighted by Crippen LogP contribution is -2.39. The Labute approximate surface area is 131 Å². The summed E-state index contributed by atoms with van der Waals surface area (Å²) >= 11 is 3.13. The number of carbonyl (C=O) groups excluding carboxylic acids is 1. The lowest BCUT2D eigenvalue weighted by atomic mass is 9.87. The van der Waals surface area contributed by atoms with Crippen molar-refractivity contribution in [1.29, 1.82) is 0 Å². The van der Waals surface area contributed by atoms with Gasteiger partial charge in [0, 0.05) is 10.5 Å². The Morgan fingerprint density at radius 2 is 2.00 bits per heavy atom. The van der Waals surface area contributed by atoms with Crippen LogP contribution in [0.2, 0.25) is 0 Å². The molecule has 0 heterocycles. The Kier molecular flexibility index (Phi) is 5.89. The van der Waals surface area contributed by atoms with Gasteiger partial charge in [0.2, 0.25) is 0 Å². The molecule has 0 radical (unpaired) electrons. The molecule has 1 amide bonds. The molecule has 0 aliphatic rings. The van der Waals surface area contributed by atoms with Crippen molar-refractivity contribution in [1.82, 2.24) is 5.32 Å². The minimum absolute atomic E-state index is 0.109. The zero-order valence-electron chi connectivity index (χ0n) is 12.2. The minimum Gasteiger partial charge on any atom is -0.481 e. The van der Waals surface area contributed by atoms with Crippen LogP contribution in [0.5, 0.6) is 0 Å². The van der Waals surface area contributed by atoms with Crippen molar-refractivity contribution in [2.24, 2.45) is 5.41 Å². The number of carboxylic acid groups (broad SMARTS) is 1. The largest absolute Gasteiger partial charge is 0.481 e. The topological polar surface area (TPSA) is 66.4 Å². The van der Waals surface area contributed by atoms with Crippen LogP contribution in [0.1, 0.15) is 44.0 Å². The van der Waals surface area contributed by atoms with E-state index in [2.05, 4.69) is 21.2 Å². The first-order chi connectivity index (χ1) is 9.60. The number of nitrogens with one attached hydrogen (secondary N) is 1. The minimum atomic E-state index is -1.00. The van der Waals surface area contributed by atoms with Crippen LogP contribution < -0.4 is 5.32 Å². The first-order valence-electron chi connectivity index (χ1n) is 6.57. The summed E-state index contributed by atoms with van der Waals surface area (Å²) in [6.07, 6.45) is 0.284. The zero-order chi connectivity index (χ0) is 16.2. The molecule has 0 aliphatic carbocycles. The van der Waals surface area contributed by atoms with Crippen LogP contribution in [-0.4, -0.2) is 23.0 Å². The maximum absolute atomic E-state index is 13.7. The highest BCUT2D eigenvalue weighted by Gasteiger charge is 2.25. The quantitative estimate of drug-likeness (QED) is 0.843. The summed E-state index contributed by atoms with van der Waals surface area (Å²) in [4.78, 5) is 23.1.